The molecule has 0 aliphatic carbocycles. The molecule has 8 heteroatoms. The van der Waals surface area contributed by atoms with E-state index in [0.29, 0.717) is 41.9 Å². The molecule has 2 heterocycles. The van der Waals surface area contributed by atoms with Gasteiger partial charge in [0.15, 0.2) is 0 Å². The molecule has 2 aromatic rings. The molecule has 1 aromatic carbocycles. The summed E-state index contributed by atoms with van der Waals surface area (Å²) < 4.78 is 18.3. The van der Waals surface area contributed by atoms with Gasteiger partial charge in [-0.25, -0.2) is 9.37 Å². The zero-order valence-corrected chi connectivity index (χ0v) is 15.3. The number of aromatic nitrogens is 1. The Hall–Kier alpha value is -2.32. The molecule has 1 N–H and O–H groups in total. The van der Waals surface area contributed by atoms with Gasteiger partial charge in [-0.05, 0) is 31.2 Å². The van der Waals surface area contributed by atoms with Crippen molar-refractivity contribution >= 4 is 23.2 Å². The van der Waals surface area contributed by atoms with Crippen LogP contribution < -0.4 is 5.32 Å². The molecule has 26 heavy (non-hydrogen) atoms. The summed E-state index contributed by atoms with van der Waals surface area (Å²) in [6.45, 7) is 4.35. The van der Waals surface area contributed by atoms with Gasteiger partial charge < -0.3 is 15.0 Å². The van der Waals surface area contributed by atoms with E-state index in [2.05, 4.69) is 10.3 Å². The van der Waals surface area contributed by atoms with Crippen molar-refractivity contribution in [1.29, 1.82) is 0 Å². The van der Waals surface area contributed by atoms with Crippen LogP contribution in [0.15, 0.2) is 24.3 Å². The molecule has 0 saturated carbocycles. The molecule has 0 unspecified atom stereocenters. The Bertz CT molecular complexity index is 785. The lowest BCUT2D eigenvalue weighted by Crippen LogP contribution is -2.42. The highest BCUT2D eigenvalue weighted by Gasteiger charge is 2.19. The van der Waals surface area contributed by atoms with Crippen molar-refractivity contribution in [2.24, 2.45) is 0 Å². The molecular formula is C18H20FN3O3S. The van der Waals surface area contributed by atoms with Gasteiger partial charge in [-0.2, -0.15) is 0 Å². The van der Waals surface area contributed by atoms with Crippen LogP contribution in [0.4, 0.5) is 4.39 Å². The number of rotatable bonds is 5. The number of hydrogen-bond donors (Lipinski definition) is 1. The fourth-order valence-electron chi connectivity index (χ4n) is 2.66. The molecule has 3 rings (SSSR count). The van der Waals surface area contributed by atoms with Crippen molar-refractivity contribution < 1.29 is 18.7 Å². The lowest BCUT2D eigenvalue weighted by Gasteiger charge is -2.26. The Labute approximate surface area is 155 Å². The Morgan fingerprint density at radius 2 is 1.96 bits per heavy atom. The van der Waals surface area contributed by atoms with E-state index in [1.807, 2.05) is 0 Å². The lowest BCUT2D eigenvalue weighted by atomic mass is 10.2. The van der Waals surface area contributed by atoms with Crippen LogP contribution in [0.2, 0.25) is 0 Å². The first kappa shape index (κ1) is 18.5. The summed E-state index contributed by atoms with van der Waals surface area (Å²) in [5.41, 5.74) is 1.38. The van der Waals surface area contributed by atoms with Crippen molar-refractivity contribution in [2.45, 2.75) is 13.3 Å². The number of nitrogens with one attached hydrogen (secondary N) is 1. The van der Waals surface area contributed by atoms with Crippen LogP contribution in [-0.4, -0.2) is 54.5 Å². The summed E-state index contributed by atoms with van der Waals surface area (Å²) in [5, 5.41) is 3.44. The standard InChI is InChI=1S/C18H20FN3O3S/c1-12-16(26-18(21-12)13-2-4-14(19)5-3-13)17(24)20-7-6-15(23)22-8-10-25-11-9-22/h2-5H,6-11H2,1H3,(H,20,24). The summed E-state index contributed by atoms with van der Waals surface area (Å²) in [5.74, 6) is -0.547. The average molecular weight is 377 g/mol. The van der Waals surface area contributed by atoms with E-state index in [0.717, 1.165) is 5.56 Å². The summed E-state index contributed by atoms with van der Waals surface area (Å²) in [4.78, 5) is 31.1. The lowest BCUT2D eigenvalue weighted by molar-refractivity contribution is -0.135. The Balaban J connectivity index is 1.56. The van der Waals surface area contributed by atoms with Crippen LogP contribution in [-0.2, 0) is 9.53 Å². The minimum atomic E-state index is -0.315. The van der Waals surface area contributed by atoms with Gasteiger partial charge in [-0.3, -0.25) is 9.59 Å². The van der Waals surface area contributed by atoms with E-state index >= 15 is 0 Å². The number of thiazole rings is 1. The van der Waals surface area contributed by atoms with Gasteiger partial charge in [0, 0.05) is 31.6 Å². The van der Waals surface area contributed by atoms with Gasteiger partial charge in [-0.15, -0.1) is 11.3 Å². The minimum absolute atomic E-state index is 0.0154. The maximum absolute atomic E-state index is 13.0. The Morgan fingerprint density at radius 3 is 2.65 bits per heavy atom. The largest absolute Gasteiger partial charge is 0.378 e. The maximum Gasteiger partial charge on any atom is 0.263 e. The van der Waals surface area contributed by atoms with Crippen molar-refractivity contribution in [3.05, 3.63) is 40.7 Å². The first-order valence-corrected chi connectivity index (χ1v) is 9.23. The summed E-state index contributed by atoms with van der Waals surface area (Å²) in [7, 11) is 0. The highest BCUT2D eigenvalue weighted by Crippen LogP contribution is 2.28. The number of carbonyl (C=O) groups excluding carboxylic acids is 2. The molecule has 2 amide bonds. The monoisotopic (exact) mass is 377 g/mol. The maximum atomic E-state index is 13.0. The molecule has 0 radical (unpaired) electrons. The van der Waals surface area contributed by atoms with E-state index in [1.165, 1.54) is 23.5 Å². The number of nitrogens with zero attached hydrogens (tertiary/aromatic N) is 2. The average Bonchev–Trinajstić information content (AvgIpc) is 3.04. The first-order chi connectivity index (χ1) is 12.5. The van der Waals surface area contributed by atoms with Crippen molar-refractivity contribution in [3.63, 3.8) is 0 Å². The number of carbonyl (C=O) groups is 2. The van der Waals surface area contributed by atoms with E-state index in [1.54, 1.807) is 24.0 Å². The smallest absolute Gasteiger partial charge is 0.263 e. The Morgan fingerprint density at radius 1 is 1.27 bits per heavy atom. The van der Waals surface area contributed by atoms with Gasteiger partial charge in [0.2, 0.25) is 5.91 Å². The van der Waals surface area contributed by atoms with E-state index < -0.39 is 0 Å². The van der Waals surface area contributed by atoms with E-state index in [9.17, 15) is 14.0 Å². The van der Waals surface area contributed by atoms with Crippen molar-refractivity contribution in [3.8, 4) is 10.6 Å². The van der Waals surface area contributed by atoms with Crippen molar-refractivity contribution in [1.82, 2.24) is 15.2 Å². The van der Waals surface area contributed by atoms with Crippen LogP contribution in [0.25, 0.3) is 10.6 Å². The molecule has 1 aliphatic heterocycles. The predicted octanol–water partition coefficient (Wildman–Crippen LogP) is 2.24. The van der Waals surface area contributed by atoms with Gasteiger partial charge in [-0.1, -0.05) is 0 Å². The van der Waals surface area contributed by atoms with E-state index in [4.69, 9.17) is 4.74 Å². The topological polar surface area (TPSA) is 71.5 Å². The van der Waals surface area contributed by atoms with Crippen molar-refractivity contribution in [2.75, 3.05) is 32.8 Å². The number of ether oxygens (including phenoxy) is 1. The molecule has 1 saturated heterocycles. The zero-order valence-electron chi connectivity index (χ0n) is 14.5. The SMILES string of the molecule is Cc1nc(-c2ccc(F)cc2)sc1C(=O)NCCC(=O)N1CCOCC1. The highest BCUT2D eigenvalue weighted by molar-refractivity contribution is 7.17. The summed E-state index contributed by atoms with van der Waals surface area (Å²) >= 11 is 1.26. The number of aryl methyl sites for hydroxylation is 1. The van der Waals surface area contributed by atoms with Gasteiger partial charge in [0.25, 0.3) is 5.91 Å². The molecule has 1 aromatic heterocycles. The van der Waals surface area contributed by atoms with Gasteiger partial charge in [0.1, 0.15) is 15.7 Å². The molecule has 138 valence electrons. The highest BCUT2D eigenvalue weighted by atomic mass is 32.1. The number of halogens is 1. The fourth-order valence-corrected chi connectivity index (χ4v) is 3.65. The molecule has 6 nitrogen and oxygen atoms in total. The second-order valence-electron chi connectivity index (χ2n) is 5.94. The molecule has 0 bridgehead atoms. The fraction of sp³-hybridized carbons (Fsp3) is 0.389. The minimum Gasteiger partial charge on any atom is -0.378 e. The summed E-state index contributed by atoms with van der Waals surface area (Å²) in [6, 6.07) is 6.00. The van der Waals surface area contributed by atoms with Crippen LogP contribution >= 0.6 is 11.3 Å². The number of morpholine rings is 1. The van der Waals surface area contributed by atoms with Gasteiger partial charge in [0.05, 0.1) is 18.9 Å². The van der Waals surface area contributed by atoms with Crippen LogP contribution in [0, 0.1) is 12.7 Å². The third-order valence-corrected chi connectivity index (χ3v) is 5.29. The number of benzene rings is 1. The third-order valence-electron chi connectivity index (χ3n) is 4.08. The van der Waals surface area contributed by atoms with Crippen LogP contribution in [0.3, 0.4) is 0 Å². The quantitative estimate of drug-likeness (QED) is 0.867. The normalized spacial score (nSPS) is 14.3. The third kappa shape index (κ3) is 4.44. The second kappa shape index (κ2) is 8.37. The summed E-state index contributed by atoms with van der Waals surface area (Å²) in [6.07, 6.45) is 0.258. The first-order valence-electron chi connectivity index (χ1n) is 8.41. The zero-order chi connectivity index (χ0) is 18.5. The number of amides is 2. The van der Waals surface area contributed by atoms with Crippen LogP contribution in [0.5, 0.6) is 0 Å². The molecule has 1 aliphatic rings. The molecular weight excluding hydrogens is 357 g/mol. The molecule has 0 spiro atoms. The Kier molecular flexibility index (Phi) is 5.95. The molecule has 0 atom stereocenters. The predicted molar refractivity (Wildman–Crippen MR) is 96.6 cm³/mol. The van der Waals surface area contributed by atoms with Crippen LogP contribution in [0.1, 0.15) is 21.8 Å². The molecule has 1 fully saturated rings. The van der Waals surface area contributed by atoms with E-state index in [-0.39, 0.29) is 30.6 Å². The van der Waals surface area contributed by atoms with Gasteiger partial charge >= 0.3 is 0 Å². The second-order valence-corrected chi connectivity index (χ2v) is 6.94. The number of hydrogen-bond acceptors (Lipinski definition) is 5.